The maximum Gasteiger partial charge on any atom is 0.407 e. The number of hydrogen-bond donors (Lipinski definition) is 3. The van der Waals surface area contributed by atoms with E-state index in [1.807, 2.05) is 50.2 Å². The van der Waals surface area contributed by atoms with Crippen LogP contribution >= 0.6 is 0 Å². The van der Waals surface area contributed by atoms with Crippen molar-refractivity contribution in [3.63, 3.8) is 0 Å². The predicted octanol–water partition coefficient (Wildman–Crippen LogP) is 3.53. The average Bonchev–Trinajstić information content (AvgIpc) is 3.05. The van der Waals surface area contributed by atoms with Crippen LogP contribution in [0.3, 0.4) is 0 Å². The van der Waals surface area contributed by atoms with Gasteiger partial charge in [-0.2, -0.15) is 0 Å². The second kappa shape index (κ2) is 10.1. The minimum absolute atomic E-state index is 0.00450. The van der Waals surface area contributed by atoms with Gasteiger partial charge in [0.05, 0.1) is 6.42 Å². The third kappa shape index (κ3) is 5.63. The quantitative estimate of drug-likeness (QED) is 0.571. The molecule has 2 amide bonds. The van der Waals surface area contributed by atoms with Crippen molar-refractivity contribution in [3.8, 4) is 11.1 Å². The summed E-state index contributed by atoms with van der Waals surface area (Å²) in [7, 11) is 0. The Morgan fingerprint density at radius 2 is 1.58 bits per heavy atom. The third-order valence-electron chi connectivity index (χ3n) is 5.51. The lowest BCUT2D eigenvalue weighted by Crippen LogP contribution is -2.41. The summed E-state index contributed by atoms with van der Waals surface area (Å²) in [5.41, 5.74) is 4.58. The molecule has 0 bridgehead atoms. The summed E-state index contributed by atoms with van der Waals surface area (Å²) in [5, 5.41) is 14.2. The summed E-state index contributed by atoms with van der Waals surface area (Å²) in [4.78, 5) is 35.1. The number of aliphatic carboxylic acids is 1. The largest absolute Gasteiger partial charge is 0.481 e. The van der Waals surface area contributed by atoms with Crippen LogP contribution in [0.15, 0.2) is 48.5 Å². The fourth-order valence-corrected chi connectivity index (χ4v) is 3.85. The van der Waals surface area contributed by atoms with Gasteiger partial charge in [-0.3, -0.25) is 9.59 Å². The first-order valence-electron chi connectivity index (χ1n) is 10.5. The number of nitrogens with one attached hydrogen (secondary N) is 2. The van der Waals surface area contributed by atoms with Crippen molar-refractivity contribution < 1.29 is 24.2 Å². The van der Waals surface area contributed by atoms with E-state index in [1.165, 1.54) is 0 Å². The molecule has 3 N–H and O–H groups in total. The number of carboxylic acids is 1. The van der Waals surface area contributed by atoms with Crippen LogP contribution in [-0.2, 0) is 14.3 Å². The first-order valence-corrected chi connectivity index (χ1v) is 10.5. The molecule has 3 rings (SSSR count). The second-order valence-electron chi connectivity index (χ2n) is 8.02. The van der Waals surface area contributed by atoms with Crippen LogP contribution in [0.2, 0.25) is 0 Å². The minimum Gasteiger partial charge on any atom is -0.481 e. The summed E-state index contributed by atoms with van der Waals surface area (Å²) >= 11 is 0. The Balaban J connectivity index is 1.47. The fourth-order valence-electron chi connectivity index (χ4n) is 3.85. The van der Waals surface area contributed by atoms with Crippen LogP contribution in [0.25, 0.3) is 11.1 Å². The smallest absolute Gasteiger partial charge is 0.407 e. The highest BCUT2D eigenvalue weighted by Crippen LogP contribution is 2.44. The number of carbonyl (C=O) groups excluding carboxylic acids is 2. The van der Waals surface area contributed by atoms with E-state index in [4.69, 9.17) is 9.84 Å². The Kier molecular flexibility index (Phi) is 7.28. The molecule has 0 unspecified atom stereocenters. The number of alkyl carbamates (subject to hydrolysis) is 1. The van der Waals surface area contributed by atoms with Crippen molar-refractivity contribution >= 4 is 18.0 Å². The second-order valence-corrected chi connectivity index (χ2v) is 8.02. The highest BCUT2D eigenvalue weighted by molar-refractivity contribution is 5.79. The van der Waals surface area contributed by atoms with Gasteiger partial charge >= 0.3 is 12.1 Å². The van der Waals surface area contributed by atoms with E-state index in [0.717, 1.165) is 22.3 Å². The Bertz CT molecular complexity index is 911. The molecule has 0 saturated heterocycles. The number of ether oxygens (including phenoxy) is 1. The standard InChI is InChI=1S/C24H28N2O5/c1-15(2)21(13-23(28)29)26-22(27)11-12-25-24(30)31-14-20-18-9-5-3-7-16(18)17-8-4-6-10-19(17)20/h3-10,15,20-21H,11-14H2,1-2H3,(H,25,30)(H,26,27)(H,28,29)/t21-/m1/s1. The molecule has 1 aliphatic rings. The SMILES string of the molecule is CC(C)[C@@H](CC(=O)O)NC(=O)CCNC(=O)OCC1c2ccccc2-c2ccccc21. The molecule has 0 heterocycles. The van der Waals surface area contributed by atoms with Gasteiger partial charge in [0.15, 0.2) is 0 Å². The van der Waals surface area contributed by atoms with E-state index < -0.39 is 18.1 Å². The normalized spacial score (nSPS) is 13.3. The lowest BCUT2D eigenvalue weighted by atomic mass is 9.98. The van der Waals surface area contributed by atoms with Crippen molar-refractivity contribution in [2.24, 2.45) is 5.92 Å². The van der Waals surface area contributed by atoms with Gasteiger partial charge in [0.1, 0.15) is 6.61 Å². The third-order valence-corrected chi connectivity index (χ3v) is 5.51. The predicted molar refractivity (Wildman–Crippen MR) is 117 cm³/mol. The van der Waals surface area contributed by atoms with E-state index >= 15 is 0 Å². The van der Waals surface area contributed by atoms with Gasteiger partial charge in [-0.15, -0.1) is 0 Å². The molecule has 0 spiro atoms. The number of carbonyl (C=O) groups is 3. The number of fused-ring (bicyclic) bond motifs is 3. The maximum atomic E-state index is 12.1. The van der Waals surface area contributed by atoms with Crippen molar-refractivity contribution in [3.05, 3.63) is 59.7 Å². The lowest BCUT2D eigenvalue weighted by molar-refractivity contribution is -0.138. The topological polar surface area (TPSA) is 105 Å². The monoisotopic (exact) mass is 424 g/mol. The summed E-state index contributed by atoms with van der Waals surface area (Å²) in [6.07, 6.45) is -0.670. The van der Waals surface area contributed by atoms with Gasteiger partial charge < -0.3 is 20.5 Å². The number of amides is 2. The van der Waals surface area contributed by atoms with E-state index in [1.54, 1.807) is 0 Å². The molecular formula is C24H28N2O5. The molecule has 164 valence electrons. The minimum atomic E-state index is -0.962. The van der Waals surface area contributed by atoms with Gasteiger partial charge in [0, 0.05) is 24.9 Å². The first kappa shape index (κ1) is 22.3. The number of hydrogen-bond acceptors (Lipinski definition) is 4. The van der Waals surface area contributed by atoms with Crippen molar-refractivity contribution in [1.29, 1.82) is 0 Å². The van der Waals surface area contributed by atoms with Crippen LogP contribution in [0.5, 0.6) is 0 Å². The number of rotatable bonds is 9. The molecule has 0 saturated carbocycles. The van der Waals surface area contributed by atoms with Crippen LogP contribution in [0, 0.1) is 5.92 Å². The molecule has 0 aromatic heterocycles. The maximum absolute atomic E-state index is 12.1. The van der Waals surface area contributed by atoms with Crippen molar-refractivity contribution in [2.45, 2.75) is 38.6 Å². The highest BCUT2D eigenvalue weighted by Gasteiger charge is 2.29. The molecule has 0 fully saturated rings. The van der Waals surface area contributed by atoms with E-state index in [2.05, 4.69) is 22.8 Å². The zero-order valence-corrected chi connectivity index (χ0v) is 17.8. The molecule has 1 atom stereocenters. The van der Waals surface area contributed by atoms with Gasteiger partial charge in [-0.1, -0.05) is 62.4 Å². The zero-order valence-electron chi connectivity index (χ0n) is 17.8. The highest BCUT2D eigenvalue weighted by atomic mass is 16.5. The molecular weight excluding hydrogens is 396 g/mol. The van der Waals surface area contributed by atoms with E-state index in [-0.39, 0.29) is 43.7 Å². The van der Waals surface area contributed by atoms with E-state index in [0.29, 0.717) is 0 Å². The van der Waals surface area contributed by atoms with Gasteiger partial charge in [-0.25, -0.2) is 4.79 Å². The summed E-state index contributed by atoms with van der Waals surface area (Å²) < 4.78 is 5.43. The Labute approximate surface area is 181 Å². The van der Waals surface area contributed by atoms with Crippen LogP contribution < -0.4 is 10.6 Å². The molecule has 0 radical (unpaired) electrons. The van der Waals surface area contributed by atoms with Crippen LogP contribution in [0.1, 0.15) is 43.7 Å². The molecule has 7 nitrogen and oxygen atoms in total. The first-order chi connectivity index (χ1) is 14.9. The summed E-state index contributed by atoms with van der Waals surface area (Å²) in [5.74, 6) is -1.30. The molecule has 31 heavy (non-hydrogen) atoms. The number of benzene rings is 2. The van der Waals surface area contributed by atoms with Gasteiger partial charge in [0.2, 0.25) is 5.91 Å². The zero-order chi connectivity index (χ0) is 22.4. The molecule has 1 aliphatic carbocycles. The van der Waals surface area contributed by atoms with Gasteiger partial charge in [0.25, 0.3) is 0 Å². The summed E-state index contributed by atoms with van der Waals surface area (Å²) in [6.45, 7) is 4.02. The molecule has 2 aromatic carbocycles. The number of carboxylic acid groups (broad SMARTS) is 1. The van der Waals surface area contributed by atoms with Crippen molar-refractivity contribution in [2.75, 3.05) is 13.2 Å². The van der Waals surface area contributed by atoms with Gasteiger partial charge in [-0.05, 0) is 28.2 Å². The van der Waals surface area contributed by atoms with E-state index in [9.17, 15) is 14.4 Å². The summed E-state index contributed by atoms with van der Waals surface area (Å²) in [6, 6.07) is 15.7. The lowest BCUT2D eigenvalue weighted by Gasteiger charge is -2.20. The Morgan fingerprint density at radius 3 is 2.13 bits per heavy atom. The Morgan fingerprint density at radius 1 is 1.00 bits per heavy atom. The molecule has 0 aliphatic heterocycles. The molecule has 2 aromatic rings. The van der Waals surface area contributed by atoms with Crippen LogP contribution in [-0.4, -0.2) is 42.3 Å². The average molecular weight is 424 g/mol. The van der Waals surface area contributed by atoms with Crippen LogP contribution in [0.4, 0.5) is 4.79 Å². The van der Waals surface area contributed by atoms with Crippen molar-refractivity contribution in [1.82, 2.24) is 10.6 Å². The fraction of sp³-hybridized carbons (Fsp3) is 0.375. The molecule has 7 heteroatoms. The Hall–Kier alpha value is -3.35.